The van der Waals surface area contributed by atoms with E-state index in [4.69, 9.17) is 0 Å². The van der Waals surface area contributed by atoms with E-state index in [1.54, 1.807) is 25.0 Å². The Bertz CT molecular complexity index is 3630. The Kier molecular flexibility index (Phi) is 10.8. The molecule has 6 nitrogen and oxygen atoms in total. The third-order valence-electron chi connectivity index (χ3n) is 14.2. The minimum atomic E-state index is -2.65. The van der Waals surface area contributed by atoms with E-state index in [1.165, 1.54) is 43.9 Å². The predicted octanol–water partition coefficient (Wildman–Crippen LogP) is 12.0. The van der Waals surface area contributed by atoms with Gasteiger partial charge in [0.2, 0.25) is 0 Å². The normalized spacial score (nSPS) is 16.9. The van der Waals surface area contributed by atoms with Crippen LogP contribution in [0.3, 0.4) is 0 Å². The molecule has 0 spiro atoms. The van der Waals surface area contributed by atoms with Crippen molar-refractivity contribution >= 4 is 102 Å². The molecular formula is C60H45N2O4OsP+. The molecular weight excluding hydrogens is 1030 g/mol. The van der Waals surface area contributed by atoms with Crippen molar-refractivity contribution in [3.63, 3.8) is 0 Å². The first-order valence-corrected chi connectivity index (χ1v) is 26.0. The zero-order valence-electron chi connectivity index (χ0n) is 38.0. The number of rotatable bonds is 8. The molecule has 0 unspecified atom stereocenters. The molecule has 8 aromatic carbocycles. The fraction of sp³-hybridized carbons (Fsp3) is 0.117. The van der Waals surface area contributed by atoms with Crippen LogP contribution in [0.25, 0.3) is 55.2 Å². The number of hydrogen-bond acceptors (Lipinski definition) is 4. The van der Waals surface area contributed by atoms with Crippen molar-refractivity contribution in [2.45, 2.75) is 33.1 Å². The Morgan fingerprint density at radius 1 is 0.544 bits per heavy atom. The van der Waals surface area contributed by atoms with Gasteiger partial charge in [0.15, 0.2) is 0 Å². The molecule has 0 radical (unpaired) electrons. The molecule has 3 aliphatic rings. The number of carbonyl (C=O) groups is 4. The number of nitrogens with zero attached hydrogens (tertiary/aromatic N) is 2. The van der Waals surface area contributed by atoms with Gasteiger partial charge in [-0.2, -0.15) is 0 Å². The van der Waals surface area contributed by atoms with Gasteiger partial charge in [0, 0.05) is 7.05 Å². The second kappa shape index (κ2) is 16.9. The van der Waals surface area contributed by atoms with Gasteiger partial charge in [0.1, 0.15) is 0 Å². The van der Waals surface area contributed by atoms with Gasteiger partial charge in [-0.15, -0.1) is 0 Å². The molecule has 2 aliphatic heterocycles. The Morgan fingerprint density at radius 3 is 1.43 bits per heavy atom. The number of carbonyl (C=O) groups excluding carboxylic acids is 4. The average Bonchev–Trinajstić information content (AvgIpc) is 3.84. The molecule has 1 fully saturated rings. The standard InChI is InChI=1S/C60H45N2O4P.Os/c1-6-18-40-34-49-53-47(57(63)61(4)59(49)65)32-30-46-52-41(35-50-54-48(58(64)62(5)60(50)66)31-29-45(56(52)54)51(40)55(46)53)28-27-38(33-39-20-17-19-37(39)7-2)36(3)67(42-21-11-8-12-22-42,43-23-13-9-14-24-43)44-25-15-10-16-26-44;/h6-16,18,21-35H,17,19-20H2,1-2,4-5H3;/q+1;/b18-6+,28-27+,37-7?,38-36?,39-33?;. The third kappa shape index (κ3) is 6.31. The van der Waals surface area contributed by atoms with E-state index in [1.807, 2.05) is 55.5 Å². The van der Waals surface area contributed by atoms with E-state index in [0.29, 0.717) is 33.0 Å². The summed E-state index contributed by atoms with van der Waals surface area (Å²) in [6.07, 6.45) is 15.9. The molecule has 4 amide bonds. The maximum atomic E-state index is 14.5. The molecule has 0 saturated heterocycles. The first-order chi connectivity index (χ1) is 33.1. The Balaban J connectivity index is 1.32. The van der Waals surface area contributed by atoms with Crippen molar-refractivity contribution in [2.75, 3.05) is 14.1 Å². The van der Waals surface area contributed by atoms with Crippen LogP contribution >= 0.6 is 7.26 Å². The quantitative estimate of drug-likeness (QED) is 0.0500. The van der Waals surface area contributed by atoms with Crippen LogP contribution in [-0.2, 0) is 17.9 Å². The number of imide groups is 2. The minimum absolute atomic E-state index is 0.355. The van der Waals surface area contributed by atoms with Crippen LogP contribution in [0, 0.1) is 4.37 Å². The van der Waals surface area contributed by atoms with E-state index in [9.17, 15) is 19.2 Å². The van der Waals surface area contributed by atoms with Crippen LogP contribution in [0.5, 0.6) is 0 Å². The molecule has 11 rings (SSSR count). The molecule has 331 valence electrons. The summed E-state index contributed by atoms with van der Waals surface area (Å²) in [4.78, 5) is 58.9. The van der Waals surface area contributed by atoms with Gasteiger partial charge in [-0.25, -0.2) is 0 Å². The summed E-state index contributed by atoms with van der Waals surface area (Å²) < 4.78 is 3.87. The van der Waals surface area contributed by atoms with Crippen molar-refractivity contribution in [2.24, 2.45) is 0 Å². The van der Waals surface area contributed by atoms with Crippen molar-refractivity contribution in [3.05, 3.63) is 207 Å². The summed E-state index contributed by atoms with van der Waals surface area (Å²) >= 11 is 1.75. The number of hydrogen-bond donors (Lipinski definition) is 0. The maximum absolute atomic E-state index is 14.5. The van der Waals surface area contributed by atoms with E-state index in [-0.39, 0.29) is 23.6 Å². The predicted molar refractivity (Wildman–Crippen MR) is 276 cm³/mol. The van der Waals surface area contributed by atoms with Gasteiger partial charge in [-0.1, -0.05) is 6.08 Å². The van der Waals surface area contributed by atoms with Crippen LogP contribution < -0.4 is 15.9 Å². The second-order valence-electron chi connectivity index (χ2n) is 17.7. The SMILES string of the molecule is CC=C1CCCC1=CC(/C=C/c1cc2c3c(ccc4c5c(/C=C/C)cc6c7c(ccc(c1c34)c75)C(=O)N(C)C6=O)C(=O)N(C)C2=O)=C([C]#[Os])[P+](c1ccccc1)(c1ccccc1)c1ccccc1. The number of benzene rings is 8. The van der Waals surface area contributed by atoms with Crippen LogP contribution in [0.2, 0.25) is 0 Å². The Labute approximate surface area is 405 Å². The Hall–Kier alpha value is -7.11. The third-order valence-corrected chi connectivity index (χ3v) is 19.6. The van der Waals surface area contributed by atoms with Gasteiger partial charge in [0.05, 0.1) is 0 Å². The van der Waals surface area contributed by atoms with Gasteiger partial charge in [-0.05, 0) is 6.92 Å². The van der Waals surface area contributed by atoms with Gasteiger partial charge in [-0.3, -0.25) is 14.5 Å². The molecule has 2 heterocycles. The van der Waals surface area contributed by atoms with Crippen LogP contribution in [0.1, 0.15) is 85.7 Å². The van der Waals surface area contributed by atoms with Crippen molar-refractivity contribution in [1.82, 2.24) is 9.80 Å². The summed E-state index contributed by atoms with van der Waals surface area (Å²) in [5, 5.41) is 10.9. The van der Waals surface area contributed by atoms with Gasteiger partial charge >= 0.3 is 373 Å². The molecule has 68 heavy (non-hydrogen) atoms. The zero-order chi connectivity index (χ0) is 47.0. The van der Waals surface area contributed by atoms with Crippen LogP contribution in [-0.4, -0.2) is 47.5 Å². The molecule has 0 N–H and O–H groups in total. The van der Waals surface area contributed by atoms with Gasteiger partial charge < -0.3 is 0 Å². The van der Waals surface area contributed by atoms with E-state index >= 15 is 0 Å². The molecule has 8 heteroatoms. The fourth-order valence-electron chi connectivity index (χ4n) is 11.2. The molecule has 1 saturated carbocycles. The summed E-state index contributed by atoms with van der Waals surface area (Å²) in [5.74, 6) is -1.44. The second-order valence-corrected chi connectivity index (χ2v) is 21.7. The van der Waals surface area contributed by atoms with Crippen LogP contribution in [0.4, 0.5) is 0 Å². The van der Waals surface area contributed by atoms with Crippen molar-refractivity contribution in [1.29, 1.82) is 0 Å². The van der Waals surface area contributed by atoms with Gasteiger partial charge in [0.25, 0.3) is 0 Å². The molecule has 0 bridgehead atoms. The number of allylic oxidation sites excluding steroid dienone is 8. The van der Waals surface area contributed by atoms with E-state index in [0.717, 1.165) is 73.6 Å². The summed E-state index contributed by atoms with van der Waals surface area (Å²) in [6.45, 7) is 4.06. The Morgan fingerprint density at radius 2 is 0.985 bits per heavy atom. The summed E-state index contributed by atoms with van der Waals surface area (Å²) in [7, 11) is 0.428. The van der Waals surface area contributed by atoms with E-state index in [2.05, 4.69) is 127 Å². The molecule has 0 atom stereocenters. The topological polar surface area (TPSA) is 74.8 Å². The average molecular weight is 1080 g/mol. The van der Waals surface area contributed by atoms with Crippen LogP contribution in [0.15, 0.2) is 174 Å². The summed E-state index contributed by atoms with van der Waals surface area (Å²) in [5.41, 5.74) is 7.05. The molecule has 0 aromatic heterocycles. The summed E-state index contributed by atoms with van der Waals surface area (Å²) in [6, 6.07) is 43.9. The van der Waals surface area contributed by atoms with Crippen molar-refractivity contribution < 1.29 is 37.1 Å². The first-order valence-electron chi connectivity index (χ1n) is 22.9. The monoisotopic (exact) mass is 1080 g/mol. The van der Waals surface area contributed by atoms with E-state index < -0.39 is 7.26 Å². The van der Waals surface area contributed by atoms with Crippen molar-refractivity contribution in [3.8, 4) is 4.37 Å². The zero-order valence-corrected chi connectivity index (χ0v) is 41.5. The first kappa shape index (κ1) is 43.5. The molecule has 8 aromatic rings. The molecule has 1 aliphatic carbocycles. The number of amides is 4. The fourth-order valence-corrected chi connectivity index (χ4v) is 17.0. The number of fused-ring (bicyclic) bond motifs is 2.